The summed E-state index contributed by atoms with van der Waals surface area (Å²) >= 11 is 0. The average molecular weight is 298 g/mol. The van der Waals surface area contributed by atoms with Gasteiger partial charge in [0.2, 0.25) is 5.91 Å². The summed E-state index contributed by atoms with van der Waals surface area (Å²) in [4.78, 5) is 11.8. The van der Waals surface area contributed by atoms with Crippen LogP contribution in [0.2, 0.25) is 0 Å². The molecule has 2 fully saturated rings. The van der Waals surface area contributed by atoms with Gasteiger partial charge in [0.1, 0.15) is 0 Å². The summed E-state index contributed by atoms with van der Waals surface area (Å²) in [7, 11) is 0. The number of carbonyl (C=O) groups excluding carboxylic acids is 1. The molecule has 0 spiro atoms. The molecule has 0 unspecified atom stereocenters. The maximum Gasteiger partial charge on any atom is 0.220 e. The van der Waals surface area contributed by atoms with Gasteiger partial charge in [-0.3, -0.25) is 4.79 Å². The molecule has 1 aliphatic heterocycles. The zero-order chi connectivity index (χ0) is 14.9. The molecular formula is C16H30N2O3. The van der Waals surface area contributed by atoms with Crippen molar-refractivity contribution in [2.45, 2.75) is 57.7 Å². The lowest BCUT2D eigenvalue weighted by atomic mass is 9.80. The smallest absolute Gasteiger partial charge is 0.220 e. The van der Waals surface area contributed by atoms with E-state index in [1.165, 1.54) is 0 Å². The van der Waals surface area contributed by atoms with Crippen LogP contribution in [0.4, 0.5) is 0 Å². The highest BCUT2D eigenvalue weighted by Gasteiger charge is 2.30. The van der Waals surface area contributed by atoms with Crippen molar-refractivity contribution in [1.29, 1.82) is 0 Å². The minimum atomic E-state index is 0.178. The van der Waals surface area contributed by atoms with Crippen LogP contribution in [0, 0.1) is 5.92 Å². The number of piperidine rings is 1. The van der Waals surface area contributed by atoms with Gasteiger partial charge in [-0.15, -0.1) is 0 Å². The molecule has 5 heteroatoms. The van der Waals surface area contributed by atoms with Gasteiger partial charge < -0.3 is 20.1 Å². The van der Waals surface area contributed by atoms with Crippen molar-refractivity contribution in [3.8, 4) is 0 Å². The van der Waals surface area contributed by atoms with Crippen LogP contribution < -0.4 is 10.6 Å². The number of nitrogens with one attached hydrogen (secondary N) is 2. The number of amides is 1. The van der Waals surface area contributed by atoms with Crippen molar-refractivity contribution < 1.29 is 14.3 Å². The average Bonchev–Trinajstić information content (AvgIpc) is 2.46. The van der Waals surface area contributed by atoms with Gasteiger partial charge in [-0.25, -0.2) is 0 Å². The third-order valence-corrected chi connectivity index (χ3v) is 4.35. The topological polar surface area (TPSA) is 59.6 Å². The Bertz CT molecular complexity index is 300. The second-order valence-electron chi connectivity index (χ2n) is 6.14. The number of carbonyl (C=O) groups is 1. The second-order valence-corrected chi connectivity index (χ2v) is 6.14. The van der Waals surface area contributed by atoms with E-state index in [0.717, 1.165) is 65.0 Å². The zero-order valence-corrected chi connectivity index (χ0v) is 13.2. The molecule has 0 bridgehead atoms. The van der Waals surface area contributed by atoms with Crippen molar-refractivity contribution in [2.24, 2.45) is 5.92 Å². The SMILES string of the molecule is CCOC1CC(CC(=O)NCCCOC2CCNCC2)C1. The normalized spacial score (nSPS) is 26.3. The molecule has 0 radical (unpaired) electrons. The Hall–Kier alpha value is -0.650. The predicted octanol–water partition coefficient (Wildman–Crippen LogP) is 1.47. The van der Waals surface area contributed by atoms with Gasteiger partial charge >= 0.3 is 0 Å². The first kappa shape index (κ1) is 16.7. The first-order valence-electron chi connectivity index (χ1n) is 8.48. The molecule has 1 heterocycles. The lowest BCUT2D eigenvalue weighted by molar-refractivity contribution is -0.124. The van der Waals surface area contributed by atoms with Crippen LogP contribution in [-0.4, -0.2) is 51.0 Å². The van der Waals surface area contributed by atoms with E-state index in [1.54, 1.807) is 0 Å². The van der Waals surface area contributed by atoms with Crippen molar-refractivity contribution in [1.82, 2.24) is 10.6 Å². The van der Waals surface area contributed by atoms with Crippen molar-refractivity contribution in [2.75, 3.05) is 32.8 Å². The van der Waals surface area contributed by atoms with E-state index in [2.05, 4.69) is 10.6 Å². The summed E-state index contributed by atoms with van der Waals surface area (Å²) in [6.07, 6.45) is 6.66. The molecule has 2 aliphatic rings. The lowest BCUT2D eigenvalue weighted by Gasteiger charge is -2.34. The summed E-state index contributed by atoms with van der Waals surface area (Å²) in [5, 5.41) is 6.32. The number of rotatable bonds is 9. The summed E-state index contributed by atoms with van der Waals surface area (Å²) in [6.45, 7) is 6.40. The standard InChI is InChI=1S/C16H30N2O3/c1-2-20-15-10-13(11-15)12-16(19)18-6-3-9-21-14-4-7-17-8-5-14/h13-15,17H,2-12H2,1H3,(H,18,19). The van der Waals surface area contributed by atoms with Crippen LogP contribution in [-0.2, 0) is 14.3 Å². The number of hydrogen-bond acceptors (Lipinski definition) is 4. The molecule has 2 rings (SSSR count). The van der Waals surface area contributed by atoms with E-state index in [-0.39, 0.29) is 5.91 Å². The van der Waals surface area contributed by atoms with Gasteiger partial charge in [-0.2, -0.15) is 0 Å². The van der Waals surface area contributed by atoms with Crippen molar-refractivity contribution >= 4 is 5.91 Å². The maximum absolute atomic E-state index is 11.8. The number of hydrogen-bond donors (Lipinski definition) is 2. The zero-order valence-electron chi connectivity index (χ0n) is 13.2. The second kappa shape index (κ2) is 9.38. The molecule has 1 aliphatic carbocycles. The minimum absolute atomic E-state index is 0.178. The summed E-state index contributed by atoms with van der Waals surface area (Å²) in [5.41, 5.74) is 0. The Morgan fingerprint density at radius 2 is 1.95 bits per heavy atom. The molecule has 21 heavy (non-hydrogen) atoms. The summed E-state index contributed by atoms with van der Waals surface area (Å²) in [5.74, 6) is 0.698. The fourth-order valence-corrected chi connectivity index (χ4v) is 3.06. The Morgan fingerprint density at radius 1 is 1.19 bits per heavy atom. The Morgan fingerprint density at radius 3 is 2.67 bits per heavy atom. The van der Waals surface area contributed by atoms with Crippen LogP contribution in [0.1, 0.15) is 45.4 Å². The molecule has 1 saturated heterocycles. The largest absolute Gasteiger partial charge is 0.378 e. The fraction of sp³-hybridized carbons (Fsp3) is 0.938. The van der Waals surface area contributed by atoms with Gasteiger partial charge in [0.15, 0.2) is 0 Å². The highest BCUT2D eigenvalue weighted by atomic mass is 16.5. The van der Waals surface area contributed by atoms with Crippen LogP contribution in [0.3, 0.4) is 0 Å². The maximum atomic E-state index is 11.8. The third kappa shape index (κ3) is 6.32. The first-order valence-corrected chi connectivity index (χ1v) is 8.48. The van der Waals surface area contributed by atoms with Gasteiger partial charge in [-0.1, -0.05) is 0 Å². The van der Waals surface area contributed by atoms with Crippen LogP contribution >= 0.6 is 0 Å². The highest BCUT2D eigenvalue weighted by molar-refractivity contribution is 5.76. The molecule has 0 atom stereocenters. The minimum Gasteiger partial charge on any atom is -0.378 e. The molecule has 0 aromatic heterocycles. The summed E-state index contributed by atoms with van der Waals surface area (Å²) in [6, 6.07) is 0. The first-order chi connectivity index (χ1) is 10.3. The molecule has 122 valence electrons. The monoisotopic (exact) mass is 298 g/mol. The molecule has 5 nitrogen and oxygen atoms in total. The molecule has 0 aromatic rings. The molecule has 0 aromatic carbocycles. The van der Waals surface area contributed by atoms with E-state index in [0.29, 0.717) is 24.5 Å². The predicted molar refractivity (Wildman–Crippen MR) is 82.2 cm³/mol. The van der Waals surface area contributed by atoms with E-state index in [4.69, 9.17) is 9.47 Å². The van der Waals surface area contributed by atoms with E-state index < -0.39 is 0 Å². The lowest BCUT2D eigenvalue weighted by Crippen LogP contribution is -2.36. The van der Waals surface area contributed by atoms with Crippen LogP contribution in [0.5, 0.6) is 0 Å². The Labute approximate surface area is 128 Å². The van der Waals surface area contributed by atoms with Gasteiger partial charge in [0, 0.05) is 26.2 Å². The molecular weight excluding hydrogens is 268 g/mol. The molecule has 1 saturated carbocycles. The van der Waals surface area contributed by atoms with Gasteiger partial charge in [0.25, 0.3) is 0 Å². The van der Waals surface area contributed by atoms with E-state index in [9.17, 15) is 4.79 Å². The van der Waals surface area contributed by atoms with Crippen LogP contribution in [0.15, 0.2) is 0 Å². The Balaban J connectivity index is 1.41. The fourth-order valence-electron chi connectivity index (χ4n) is 3.06. The molecule has 1 amide bonds. The van der Waals surface area contributed by atoms with E-state index in [1.807, 2.05) is 6.92 Å². The van der Waals surface area contributed by atoms with Gasteiger partial charge in [0.05, 0.1) is 12.2 Å². The van der Waals surface area contributed by atoms with Crippen LogP contribution in [0.25, 0.3) is 0 Å². The highest BCUT2D eigenvalue weighted by Crippen LogP contribution is 2.32. The third-order valence-electron chi connectivity index (χ3n) is 4.35. The van der Waals surface area contributed by atoms with Crippen molar-refractivity contribution in [3.63, 3.8) is 0 Å². The number of ether oxygens (including phenoxy) is 2. The van der Waals surface area contributed by atoms with E-state index >= 15 is 0 Å². The Kier molecular flexibility index (Phi) is 7.47. The van der Waals surface area contributed by atoms with Crippen molar-refractivity contribution in [3.05, 3.63) is 0 Å². The molecule has 2 N–H and O–H groups in total. The summed E-state index contributed by atoms with van der Waals surface area (Å²) < 4.78 is 11.3. The van der Waals surface area contributed by atoms with Gasteiger partial charge in [-0.05, 0) is 58.0 Å². The quantitative estimate of drug-likeness (QED) is 0.633.